The number of carbonyl (C=O) groups excluding carboxylic acids is 2. The van der Waals surface area contributed by atoms with Crippen LogP contribution in [0.5, 0.6) is 5.75 Å². The summed E-state index contributed by atoms with van der Waals surface area (Å²) in [7, 11) is 0. The molecule has 0 spiro atoms. The Labute approximate surface area is 186 Å². The second-order valence-electron chi connectivity index (χ2n) is 7.29. The minimum atomic E-state index is -0.221. The zero-order valence-electron chi connectivity index (χ0n) is 17.5. The van der Waals surface area contributed by atoms with Crippen molar-refractivity contribution >= 4 is 28.3 Å². The van der Waals surface area contributed by atoms with Crippen LogP contribution in [0.2, 0.25) is 0 Å². The van der Waals surface area contributed by atoms with Gasteiger partial charge in [0.05, 0.1) is 12.9 Å². The number of imidazole rings is 1. The zero-order chi connectivity index (χ0) is 22.2. The van der Waals surface area contributed by atoms with Gasteiger partial charge < -0.3 is 19.9 Å². The second-order valence-corrected chi connectivity index (χ2v) is 7.29. The summed E-state index contributed by atoms with van der Waals surface area (Å²) in [6.45, 7) is 1.27. The Morgan fingerprint density at radius 2 is 1.84 bits per heavy atom. The topological polar surface area (TPSA) is 85.2 Å². The van der Waals surface area contributed by atoms with E-state index in [-0.39, 0.29) is 11.8 Å². The molecule has 0 aliphatic rings. The highest BCUT2D eigenvalue weighted by Crippen LogP contribution is 2.20. The molecule has 0 bridgehead atoms. The first-order chi connectivity index (χ1) is 15.7. The molecule has 0 saturated heterocycles. The molecule has 4 rings (SSSR count). The Morgan fingerprint density at radius 3 is 2.69 bits per heavy atom. The highest BCUT2D eigenvalue weighted by molar-refractivity contribution is 5.97. The van der Waals surface area contributed by atoms with Gasteiger partial charge in [-0.1, -0.05) is 36.4 Å². The smallest absolute Gasteiger partial charge is 0.251 e. The Bertz CT molecular complexity index is 1200. The highest BCUT2D eigenvalue weighted by atomic mass is 16.5. The van der Waals surface area contributed by atoms with Crippen molar-refractivity contribution in [3.63, 3.8) is 0 Å². The summed E-state index contributed by atoms with van der Waals surface area (Å²) >= 11 is 0. The molecule has 7 nitrogen and oxygen atoms in total. The normalized spacial score (nSPS) is 10.6. The quantitative estimate of drug-likeness (QED) is 0.396. The Hall–Kier alpha value is -4.13. The molecule has 0 saturated carbocycles. The van der Waals surface area contributed by atoms with E-state index in [0.717, 1.165) is 16.5 Å². The van der Waals surface area contributed by atoms with Gasteiger partial charge in [-0.2, -0.15) is 0 Å². The summed E-state index contributed by atoms with van der Waals surface area (Å²) < 4.78 is 7.59. The molecule has 2 N–H and O–H groups in total. The second kappa shape index (κ2) is 10.3. The van der Waals surface area contributed by atoms with Gasteiger partial charge in [-0.3, -0.25) is 9.59 Å². The first-order valence-electron chi connectivity index (χ1n) is 10.4. The molecule has 4 aromatic rings. The van der Waals surface area contributed by atoms with Gasteiger partial charge in [0, 0.05) is 36.6 Å². The Kier molecular flexibility index (Phi) is 6.77. The van der Waals surface area contributed by atoms with Gasteiger partial charge in [0.1, 0.15) is 12.4 Å². The van der Waals surface area contributed by atoms with Crippen LogP contribution in [0.3, 0.4) is 0 Å². The minimum absolute atomic E-state index is 0.125. The van der Waals surface area contributed by atoms with Crippen molar-refractivity contribution < 1.29 is 14.3 Å². The van der Waals surface area contributed by atoms with E-state index >= 15 is 0 Å². The number of nitrogens with zero attached hydrogens (tertiary/aromatic N) is 2. The number of aryl methyl sites for hydroxylation is 1. The third-order valence-electron chi connectivity index (χ3n) is 4.94. The average molecular weight is 428 g/mol. The number of carbonyl (C=O) groups is 2. The zero-order valence-corrected chi connectivity index (χ0v) is 17.5. The van der Waals surface area contributed by atoms with Crippen molar-refractivity contribution in [3.8, 4) is 5.75 Å². The van der Waals surface area contributed by atoms with Gasteiger partial charge in [0.2, 0.25) is 5.91 Å². The monoisotopic (exact) mass is 428 g/mol. The van der Waals surface area contributed by atoms with E-state index in [1.54, 1.807) is 36.8 Å². The van der Waals surface area contributed by atoms with Gasteiger partial charge in [-0.25, -0.2) is 4.98 Å². The fourth-order valence-corrected chi connectivity index (χ4v) is 3.30. The number of ether oxygens (including phenoxy) is 1. The lowest BCUT2D eigenvalue weighted by molar-refractivity contribution is -0.116. The summed E-state index contributed by atoms with van der Waals surface area (Å²) in [6.07, 6.45) is 5.47. The Morgan fingerprint density at radius 1 is 0.969 bits per heavy atom. The molecule has 0 unspecified atom stereocenters. The molecule has 0 atom stereocenters. The summed E-state index contributed by atoms with van der Waals surface area (Å²) in [5, 5.41) is 7.93. The van der Waals surface area contributed by atoms with Gasteiger partial charge >= 0.3 is 0 Å². The lowest BCUT2D eigenvalue weighted by Crippen LogP contribution is -2.28. The number of nitrogens with one attached hydrogen (secondary N) is 2. The molecule has 0 aliphatic carbocycles. The van der Waals surface area contributed by atoms with Crippen molar-refractivity contribution in [2.45, 2.75) is 13.0 Å². The lowest BCUT2D eigenvalue weighted by Gasteiger charge is -2.10. The van der Waals surface area contributed by atoms with E-state index in [4.69, 9.17) is 4.74 Å². The summed E-state index contributed by atoms with van der Waals surface area (Å²) in [4.78, 5) is 28.6. The molecule has 32 heavy (non-hydrogen) atoms. The molecule has 0 aliphatic heterocycles. The first-order valence-corrected chi connectivity index (χ1v) is 10.4. The van der Waals surface area contributed by atoms with E-state index in [2.05, 4.69) is 21.7 Å². The highest BCUT2D eigenvalue weighted by Gasteiger charge is 2.08. The fraction of sp³-hybridized carbons (Fsp3) is 0.160. The molecule has 3 aromatic carbocycles. The number of hydrogen-bond donors (Lipinski definition) is 2. The molecule has 1 aromatic heterocycles. The summed E-state index contributed by atoms with van der Waals surface area (Å²) in [6, 6.07) is 20.9. The van der Waals surface area contributed by atoms with E-state index < -0.39 is 0 Å². The molecular formula is C25H24N4O3. The average Bonchev–Trinajstić information content (AvgIpc) is 3.34. The van der Waals surface area contributed by atoms with Gasteiger partial charge in [0.25, 0.3) is 5.91 Å². The van der Waals surface area contributed by atoms with Crippen LogP contribution in [-0.4, -0.2) is 34.5 Å². The minimum Gasteiger partial charge on any atom is -0.492 e. The van der Waals surface area contributed by atoms with E-state index in [9.17, 15) is 9.59 Å². The molecule has 1 heterocycles. The van der Waals surface area contributed by atoms with Crippen molar-refractivity contribution in [1.29, 1.82) is 0 Å². The predicted molar refractivity (Wildman–Crippen MR) is 124 cm³/mol. The third-order valence-corrected chi connectivity index (χ3v) is 4.94. The van der Waals surface area contributed by atoms with E-state index in [0.29, 0.717) is 37.4 Å². The number of benzene rings is 3. The van der Waals surface area contributed by atoms with Crippen molar-refractivity contribution in [2.75, 3.05) is 18.5 Å². The molecule has 162 valence electrons. The Balaban J connectivity index is 1.23. The standard InChI is InChI=1S/C25H24N4O3/c30-24(10-13-29-14-11-26-18-29)28-22-7-3-6-21(16-22)25(31)27-12-15-32-23-9-8-19-4-1-2-5-20(19)17-23/h1-9,11,14,16-18H,10,12-13,15H2,(H,27,31)(H,28,30). The fourth-order valence-electron chi connectivity index (χ4n) is 3.30. The van der Waals surface area contributed by atoms with E-state index in [1.165, 1.54) is 0 Å². The lowest BCUT2D eigenvalue weighted by atomic mass is 10.1. The van der Waals surface area contributed by atoms with Crippen LogP contribution < -0.4 is 15.4 Å². The number of aromatic nitrogens is 2. The first kappa shape index (κ1) is 21.1. The predicted octanol–water partition coefficient (Wildman–Crippen LogP) is 3.87. The van der Waals surface area contributed by atoms with Crippen LogP contribution in [-0.2, 0) is 11.3 Å². The van der Waals surface area contributed by atoms with Crippen LogP contribution in [0, 0.1) is 0 Å². The van der Waals surface area contributed by atoms with Crippen LogP contribution in [0.25, 0.3) is 10.8 Å². The maximum absolute atomic E-state index is 12.5. The van der Waals surface area contributed by atoms with Crippen molar-refractivity contribution in [2.24, 2.45) is 0 Å². The van der Waals surface area contributed by atoms with Crippen LogP contribution in [0.1, 0.15) is 16.8 Å². The summed E-state index contributed by atoms with van der Waals surface area (Å²) in [5.74, 6) is 0.417. The molecule has 0 fully saturated rings. The van der Waals surface area contributed by atoms with Gasteiger partial charge in [0.15, 0.2) is 0 Å². The number of hydrogen-bond acceptors (Lipinski definition) is 4. The molecular weight excluding hydrogens is 404 g/mol. The van der Waals surface area contributed by atoms with Gasteiger partial charge in [-0.05, 0) is 41.1 Å². The van der Waals surface area contributed by atoms with Crippen LogP contribution >= 0.6 is 0 Å². The summed E-state index contributed by atoms with van der Waals surface area (Å²) in [5.41, 5.74) is 1.06. The number of anilines is 1. The largest absolute Gasteiger partial charge is 0.492 e. The number of fused-ring (bicyclic) bond motifs is 1. The maximum atomic E-state index is 12.5. The molecule has 0 radical (unpaired) electrons. The number of amides is 2. The SMILES string of the molecule is O=C(CCn1ccnc1)Nc1cccc(C(=O)NCCOc2ccc3ccccc3c2)c1. The van der Waals surface area contributed by atoms with Crippen LogP contribution in [0.4, 0.5) is 5.69 Å². The van der Waals surface area contributed by atoms with Gasteiger partial charge in [-0.15, -0.1) is 0 Å². The number of rotatable bonds is 9. The van der Waals surface area contributed by atoms with Crippen molar-refractivity contribution in [3.05, 3.63) is 91.0 Å². The van der Waals surface area contributed by atoms with Crippen molar-refractivity contribution in [1.82, 2.24) is 14.9 Å². The van der Waals surface area contributed by atoms with E-state index in [1.807, 2.05) is 47.2 Å². The van der Waals surface area contributed by atoms with Crippen LogP contribution in [0.15, 0.2) is 85.5 Å². The third kappa shape index (κ3) is 5.72. The maximum Gasteiger partial charge on any atom is 0.251 e. The molecule has 2 amide bonds. The molecule has 7 heteroatoms.